The van der Waals surface area contributed by atoms with Gasteiger partial charge in [-0.05, 0) is 25.8 Å². The molecular formula is C12H16ClN5. The summed E-state index contributed by atoms with van der Waals surface area (Å²) < 4.78 is 0. The molecule has 3 N–H and O–H groups in total. The van der Waals surface area contributed by atoms with E-state index in [1.807, 2.05) is 0 Å². The molecule has 1 aliphatic heterocycles. The highest BCUT2D eigenvalue weighted by molar-refractivity contribution is 6.30. The van der Waals surface area contributed by atoms with E-state index in [1.165, 1.54) is 0 Å². The minimum absolute atomic E-state index is 0.224. The summed E-state index contributed by atoms with van der Waals surface area (Å²) in [5.74, 6) is 6.05. The zero-order valence-corrected chi connectivity index (χ0v) is 11.3. The van der Waals surface area contributed by atoms with E-state index in [0.29, 0.717) is 17.4 Å². The molecule has 0 amide bonds. The molecule has 0 spiro atoms. The van der Waals surface area contributed by atoms with Crippen LogP contribution in [0.4, 0.5) is 5.82 Å². The minimum Gasteiger partial charge on any atom is -0.308 e. The molecule has 0 radical (unpaired) electrons. The van der Waals surface area contributed by atoms with E-state index >= 15 is 0 Å². The number of nitrogens with one attached hydrogen (secondary N) is 1. The highest BCUT2D eigenvalue weighted by Gasteiger charge is 2.25. The van der Waals surface area contributed by atoms with Crippen molar-refractivity contribution < 1.29 is 0 Å². The van der Waals surface area contributed by atoms with Crippen LogP contribution in [0.1, 0.15) is 30.5 Å². The molecule has 2 heterocycles. The smallest absolute Gasteiger partial charge is 0.149 e. The summed E-state index contributed by atoms with van der Waals surface area (Å²) in [6.45, 7) is 5.96. The number of pyridine rings is 1. The second kappa shape index (κ2) is 5.11. The molecule has 0 saturated carbocycles. The van der Waals surface area contributed by atoms with Crippen LogP contribution < -0.4 is 11.3 Å². The van der Waals surface area contributed by atoms with E-state index in [-0.39, 0.29) is 5.15 Å². The number of nitrogens with zero attached hydrogens (tertiary/aromatic N) is 3. The Hall–Kier alpha value is -1.35. The number of nitrogen functional groups attached to an aromatic ring is 1. The number of rotatable bonds is 2. The summed E-state index contributed by atoms with van der Waals surface area (Å²) in [4.78, 5) is 6.47. The molecule has 0 bridgehead atoms. The lowest BCUT2D eigenvalue weighted by atomic mass is 9.96. The molecule has 0 aliphatic carbocycles. The van der Waals surface area contributed by atoms with Crippen molar-refractivity contribution in [1.29, 1.82) is 5.26 Å². The molecule has 0 saturated heterocycles. The Morgan fingerprint density at radius 2 is 2.22 bits per heavy atom. The number of aromatic nitrogens is 1. The molecule has 18 heavy (non-hydrogen) atoms. The van der Waals surface area contributed by atoms with Crippen LogP contribution >= 0.6 is 11.6 Å². The highest BCUT2D eigenvalue weighted by atomic mass is 35.5. The number of nitriles is 1. The second-order valence-corrected chi connectivity index (χ2v) is 5.01. The summed E-state index contributed by atoms with van der Waals surface area (Å²) in [5.41, 5.74) is 5.01. The molecule has 1 aliphatic rings. The predicted octanol–water partition coefficient (Wildman–Crippen LogP) is 1.66. The van der Waals surface area contributed by atoms with Gasteiger partial charge in [-0.3, -0.25) is 4.90 Å². The third-order valence-electron chi connectivity index (χ3n) is 3.36. The van der Waals surface area contributed by atoms with Crippen molar-refractivity contribution in [3.8, 4) is 6.07 Å². The lowest BCUT2D eigenvalue weighted by Crippen LogP contribution is -2.37. The van der Waals surface area contributed by atoms with Crippen LogP contribution in [0.3, 0.4) is 0 Å². The first-order valence-corrected chi connectivity index (χ1v) is 6.28. The van der Waals surface area contributed by atoms with Gasteiger partial charge in [0, 0.05) is 24.7 Å². The zero-order chi connectivity index (χ0) is 13.3. The first kappa shape index (κ1) is 13.1. The molecule has 96 valence electrons. The normalized spacial score (nSPS) is 15.3. The molecule has 0 atom stereocenters. The third kappa shape index (κ3) is 2.15. The number of anilines is 1. The lowest BCUT2D eigenvalue weighted by Gasteiger charge is -2.33. The lowest BCUT2D eigenvalue weighted by molar-refractivity contribution is 0.203. The molecule has 1 aromatic rings. The average Bonchev–Trinajstić information content (AvgIpc) is 2.37. The molecule has 5 nitrogen and oxygen atoms in total. The predicted molar refractivity (Wildman–Crippen MR) is 71.0 cm³/mol. The Bertz CT molecular complexity index is 506. The van der Waals surface area contributed by atoms with Crippen molar-refractivity contribution in [1.82, 2.24) is 9.88 Å². The first-order valence-electron chi connectivity index (χ1n) is 5.90. The van der Waals surface area contributed by atoms with Gasteiger partial charge in [-0.1, -0.05) is 11.6 Å². The maximum atomic E-state index is 9.17. The van der Waals surface area contributed by atoms with Crippen LogP contribution in [0, 0.1) is 11.3 Å². The number of hydrazine groups is 1. The molecular weight excluding hydrogens is 250 g/mol. The maximum Gasteiger partial charge on any atom is 0.149 e. The number of halogens is 1. The van der Waals surface area contributed by atoms with Gasteiger partial charge in [0.15, 0.2) is 0 Å². The van der Waals surface area contributed by atoms with Crippen LogP contribution in [-0.4, -0.2) is 22.5 Å². The fourth-order valence-corrected chi connectivity index (χ4v) is 2.54. The average molecular weight is 266 g/mol. The SMILES string of the molecule is CC(C)N1CCc2c(C#N)c(Cl)nc(NN)c2C1. The fourth-order valence-electron chi connectivity index (χ4n) is 2.30. The Balaban J connectivity index is 2.52. The van der Waals surface area contributed by atoms with E-state index in [0.717, 1.165) is 30.6 Å². The Kier molecular flexibility index (Phi) is 3.71. The molecule has 0 aromatic carbocycles. The van der Waals surface area contributed by atoms with Gasteiger partial charge >= 0.3 is 0 Å². The standard InChI is InChI=1S/C12H16ClN5/c1-7(2)18-4-3-8-9(5-14)11(13)16-12(17-15)10(8)6-18/h7H,3-4,6,15H2,1-2H3,(H,16,17). The molecule has 2 rings (SSSR count). The van der Waals surface area contributed by atoms with E-state index in [2.05, 4.69) is 35.2 Å². The summed E-state index contributed by atoms with van der Waals surface area (Å²) >= 11 is 6.00. The summed E-state index contributed by atoms with van der Waals surface area (Å²) in [6, 6.07) is 2.59. The quantitative estimate of drug-likeness (QED) is 0.483. The van der Waals surface area contributed by atoms with Gasteiger partial charge in [0.2, 0.25) is 0 Å². The fraction of sp³-hybridized carbons (Fsp3) is 0.500. The van der Waals surface area contributed by atoms with E-state index in [4.69, 9.17) is 17.4 Å². The highest BCUT2D eigenvalue weighted by Crippen LogP contribution is 2.31. The Labute approximate surface area is 112 Å². The van der Waals surface area contributed by atoms with Crippen LogP contribution in [0.25, 0.3) is 0 Å². The van der Waals surface area contributed by atoms with Crippen molar-refractivity contribution in [2.24, 2.45) is 5.84 Å². The third-order valence-corrected chi connectivity index (χ3v) is 3.63. The van der Waals surface area contributed by atoms with Gasteiger partial charge in [-0.15, -0.1) is 0 Å². The van der Waals surface area contributed by atoms with Crippen molar-refractivity contribution in [2.45, 2.75) is 32.9 Å². The van der Waals surface area contributed by atoms with Gasteiger partial charge in [0.25, 0.3) is 0 Å². The van der Waals surface area contributed by atoms with Gasteiger partial charge in [0.1, 0.15) is 17.0 Å². The summed E-state index contributed by atoms with van der Waals surface area (Å²) in [7, 11) is 0. The molecule has 1 aromatic heterocycles. The maximum absolute atomic E-state index is 9.17. The monoisotopic (exact) mass is 265 g/mol. The number of hydrogen-bond acceptors (Lipinski definition) is 5. The van der Waals surface area contributed by atoms with Crippen molar-refractivity contribution in [3.05, 3.63) is 21.8 Å². The molecule has 0 unspecified atom stereocenters. The van der Waals surface area contributed by atoms with Crippen LogP contribution in [0.5, 0.6) is 0 Å². The largest absolute Gasteiger partial charge is 0.308 e. The van der Waals surface area contributed by atoms with Crippen molar-refractivity contribution in [2.75, 3.05) is 12.0 Å². The van der Waals surface area contributed by atoms with Gasteiger partial charge in [0.05, 0.1) is 5.56 Å². The zero-order valence-electron chi connectivity index (χ0n) is 10.5. The first-order chi connectivity index (χ1) is 8.58. The number of nitrogens with two attached hydrogens (primary N) is 1. The van der Waals surface area contributed by atoms with Crippen LogP contribution in [0.15, 0.2) is 0 Å². The van der Waals surface area contributed by atoms with Crippen molar-refractivity contribution in [3.63, 3.8) is 0 Å². The topological polar surface area (TPSA) is 78.0 Å². The second-order valence-electron chi connectivity index (χ2n) is 4.65. The molecule has 6 heteroatoms. The molecule has 0 fully saturated rings. The number of hydrogen-bond donors (Lipinski definition) is 2. The Morgan fingerprint density at radius 1 is 1.50 bits per heavy atom. The van der Waals surface area contributed by atoms with E-state index in [1.54, 1.807) is 0 Å². The Morgan fingerprint density at radius 3 is 2.78 bits per heavy atom. The van der Waals surface area contributed by atoms with E-state index in [9.17, 15) is 5.26 Å². The van der Waals surface area contributed by atoms with Gasteiger partial charge < -0.3 is 5.43 Å². The number of fused-ring (bicyclic) bond motifs is 1. The minimum atomic E-state index is 0.224. The van der Waals surface area contributed by atoms with Crippen LogP contribution in [0.2, 0.25) is 5.15 Å². The van der Waals surface area contributed by atoms with Crippen molar-refractivity contribution >= 4 is 17.4 Å². The summed E-state index contributed by atoms with van der Waals surface area (Å²) in [6.07, 6.45) is 0.799. The summed E-state index contributed by atoms with van der Waals surface area (Å²) in [5, 5.41) is 9.40. The van der Waals surface area contributed by atoms with E-state index < -0.39 is 0 Å². The van der Waals surface area contributed by atoms with Gasteiger partial charge in [-0.2, -0.15) is 5.26 Å². The van der Waals surface area contributed by atoms with Crippen LogP contribution in [-0.2, 0) is 13.0 Å². The van der Waals surface area contributed by atoms with Gasteiger partial charge in [-0.25, -0.2) is 10.8 Å².